The third-order valence-corrected chi connectivity index (χ3v) is 4.10. The average molecular weight is 246 g/mol. The van der Waals surface area contributed by atoms with E-state index in [0.29, 0.717) is 12.1 Å². The van der Waals surface area contributed by atoms with E-state index in [9.17, 15) is 0 Å². The van der Waals surface area contributed by atoms with Crippen molar-refractivity contribution >= 4 is 0 Å². The average Bonchev–Trinajstić information content (AvgIpc) is 2.76. The standard InChI is InChI=1S/C16H26N2/c1-4-11-17-16-14-10-8-7-9-13(14)12-15(16)18(5-2)6-3/h7-10,15-17H,4-6,11-12H2,1-3H3. The fourth-order valence-electron chi connectivity index (χ4n) is 3.15. The van der Waals surface area contributed by atoms with Crippen LogP contribution < -0.4 is 5.32 Å². The van der Waals surface area contributed by atoms with Crippen LogP contribution in [0.2, 0.25) is 0 Å². The van der Waals surface area contributed by atoms with Crippen LogP contribution in [0.1, 0.15) is 44.4 Å². The molecule has 0 saturated carbocycles. The van der Waals surface area contributed by atoms with Gasteiger partial charge in [0.05, 0.1) is 0 Å². The van der Waals surface area contributed by atoms with E-state index in [-0.39, 0.29) is 0 Å². The van der Waals surface area contributed by atoms with E-state index < -0.39 is 0 Å². The smallest absolute Gasteiger partial charge is 0.0484 e. The Hall–Kier alpha value is -0.860. The Morgan fingerprint density at radius 2 is 1.89 bits per heavy atom. The van der Waals surface area contributed by atoms with Gasteiger partial charge in [0, 0.05) is 12.1 Å². The predicted molar refractivity (Wildman–Crippen MR) is 77.9 cm³/mol. The largest absolute Gasteiger partial charge is 0.309 e. The van der Waals surface area contributed by atoms with Crippen molar-refractivity contribution in [3.05, 3.63) is 35.4 Å². The van der Waals surface area contributed by atoms with E-state index in [0.717, 1.165) is 19.6 Å². The van der Waals surface area contributed by atoms with Crippen molar-refractivity contribution in [1.29, 1.82) is 0 Å². The van der Waals surface area contributed by atoms with Crippen LogP contribution in [0.3, 0.4) is 0 Å². The summed E-state index contributed by atoms with van der Waals surface area (Å²) in [6, 6.07) is 10.1. The molecule has 1 aromatic rings. The van der Waals surface area contributed by atoms with Crippen molar-refractivity contribution in [2.24, 2.45) is 0 Å². The second kappa shape index (κ2) is 6.35. The van der Waals surface area contributed by atoms with Gasteiger partial charge in [-0.3, -0.25) is 4.90 Å². The van der Waals surface area contributed by atoms with Crippen molar-refractivity contribution in [3.8, 4) is 0 Å². The lowest BCUT2D eigenvalue weighted by Crippen LogP contribution is -2.43. The maximum Gasteiger partial charge on any atom is 0.0484 e. The summed E-state index contributed by atoms with van der Waals surface area (Å²) in [7, 11) is 0. The molecule has 2 nitrogen and oxygen atoms in total. The molecule has 0 bridgehead atoms. The minimum atomic E-state index is 0.515. The zero-order valence-electron chi connectivity index (χ0n) is 11.9. The Morgan fingerprint density at radius 1 is 1.17 bits per heavy atom. The minimum Gasteiger partial charge on any atom is -0.309 e. The third kappa shape index (κ3) is 2.60. The Labute approximate surface area is 111 Å². The number of nitrogens with one attached hydrogen (secondary N) is 1. The normalized spacial score (nSPS) is 22.4. The molecule has 0 fully saturated rings. The van der Waals surface area contributed by atoms with Crippen LogP contribution in [0, 0.1) is 0 Å². The number of rotatable bonds is 6. The first kappa shape index (κ1) is 13.6. The number of fused-ring (bicyclic) bond motifs is 1. The summed E-state index contributed by atoms with van der Waals surface area (Å²) in [6.07, 6.45) is 2.39. The van der Waals surface area contributed by atoms with E-state index in [1.807, 2.05) is 0 Å². The molecule has 2 rings (SSSR count). The molecule has 1 aliphatic rings. The van der Waals surface area contributed by atoms with Crippen LogP contribution in [0.15, 0.2) is 24.3 Å². The summed E-state index contributed by atoms with van der Waals surface area (Å²) in [6.45, 7) is 10.2. The van der Waals surface area contributed by atoms with Crippen molar-refractivity contribution in [3.63, 3.8) is 0 Å². The number of likely N-dealkylation sites (N-methyl/N-ethyl adjacent to an activating group) is 1. The van der Waals surface area contributed by atoms with Crippen LogP contribution in [0.5, 0.6) is 0 Å². The zero-order valence-corrected chi connectivity index (χ0v) is 11.9. The lowest BCUT2D eigenvalue weighted by atomic mass is 10.1. The first-order chi connectivity index (χ1) is 8.81. The van der Waals surface area contributed by atoms with Gasteiger partial charge in [-0.15, -0.1) is 0 Å². The third-order valence-electron chi connectivity index (χ3n) is 4.10. The van der Waals surface area contributed by atoms with Gasteiger partial charge in [-0.1, -0.05) is 45.0 Å². The molecule has 2 unspecified atom stereocenters. The van der Waals surface area contributed by atoms with Gasteiger partial charge in [0.1, 0.15) is 0 Å². The summed E-state index contributed by atoms with van der Waals surface area (Å²) in [5.74, 6) is 0. The summed E-state index contributed by atoms with van der Waals surface area (Å²) < 4.78 is 0. The van der Waals surface area contributed by atoms with Crippen LogP contribution in [0.4, 0.5) is 0 Å². The van der Waals surface area contributed by atoms with Gasteiger partial charge >= 0.3 is 0 Å². The van der Waals surface area contributed by atoms with Crippen LogP contribution >= 0.6 is 0 Å². The molecule has 0 amide bonds. The van der Waals surface area contributed by atoms with Gasteiger partial charge in [-0.2, -0.15) is 0 Å². The Morgan fingerprint density at radius 3 is 2.56 bits per heavy atom. The van der Waals surface area contributed by atoms with E-state index in [2.05, 4.69) is 55.3 Å². The van der Waals surface area contributed by atoms with Crippen molar-refractivity contribution in [1.82, 2.24) is 10.2 Å². The van der Waals surface area contributed by atoms with Gasteiger partial charge < -0.3 is 5.32 Å². The van der Waals surface area contributed by atoms with Gasteiger partial charge in [0.25, 0.3) is 0 Å². The Kier molecular flexibility index (Phi) is 4.79. The number of hydrogen-bond donors (Lipinski definition) is 1. The Balaban J connectivity index is 2.21. The fraction of sp³-hybridized carbons (Fsp3) is 0.625. The van der Waals surface area contributed by atoms with E-state index in [1.54, 1.807) is 0 Å². The molecular weight excluding hydrogens is 220 g/mol. The van der Waals surface area contributed by atoms with Gasteiger partial charge in [0.2, 0.25) is 0 Å². The molecule has 0 radical (unpaired) electrons. The first-order valence-electron chi connectivity index (χ1n) is 7.37. The molecule has 18 heavy (non-hydrogen) atoms. The molecule has 1 aromatic carbocycles. The molecule has 1 aliphatic carbocycles. The number of hydrogen-bond acceptors (Lipinski definition) is 2. The number of nitrogens with zero attached hydrogens (tertiary/aromatic N) is 1. The van der Waals surface area contributed by atoms with E-state index in [1.165, 1.54) is 24.0 Å². The quantitative estimate of drug-likeness (QED) is 0.830. The zero-order chi connectivity index (χ0) is 13.0. The SMILES string of the molecule is CCCNC1c2ccccc2CC1N(CC)CC. The summed E-state index contributed by atoms with van der Waals surface area (Å²) in [4.78, 5) is 2.59. The van der Waals surface area contributed by atoms with Gasteiger partial charge in [-0.25, -0.2) is 0 Å². The lowest BCUT2D eigenvalue weighted by Gasteiger charge is -2.32. The van der Waals surface area contributed by atoms with Crippen molar-refractivity contribution < 1.29 is 0 Å². The van der Waals surface area contributed by atoms with Crippen LogP contribution in [0.25, 0.3) is 0 Å². The lowest BCUT2D eigenvalue weighted by molar-refractivity contribution is 0.183. The van der Waals surface area contributed by atoms with Crippen molar-refractivity contribution in [2.75, 3.05) is 19.6 Å². The Bertz CT molecular complexity index is 371. The van der Waals surface area contributed by atoms with Gasteiger partial charge in [0.15, 0.2) is 0 Å². The highest BCUT2D eigenvalue weighted by Gasteiger charge is 2.34. The van der Waals surface area contributed by atoms with Crippen molar-refractivity contribution in [2.45, 2.75) is 45.7 Å². The molecule has 1 N–H and O–H groups in total. The molecular formula is C16H26N2. The monoisotopic (exact) mass is 246 g/mol. The van der Waals surface area contributed by atoms with E-state index in [4.69, 9.17) is 0 Å². The number of benzene rings is 1. The molecule has 0 heterocycles. The minimum absolute atomic E-state index is 0.515. The maximum atomic E-state index is 3.74. The second-order valence-electron chi connectivity index (χ2n) is 5.12. The van der Waals surface area contributed by atoms with E-state index >= 15 is 0 Å². The topological polar surface area (TPSA) is 15.3 Å². The highest BCUT2D eigenvalue weighted by atomic mass is 15.2. The molecule has 0 aromatic heterocycles. The summed E-state index contributed by atoms with van der Waals surface area (Å²) in [5, 5.41) is 3.74. The maximum absolute atomic E-state index is 3.74. The fourth-order valence-corrected chi connectivity index (χ4v) is 3.15. The predicted octanol–water partition coefficient (Wildman–Crippen LogP) is 2.99. The van der Waals surface area contributed by atoms with Gasteiger partial charge in [-0.05, 0) is 43.6 Å². The van der Waals surface area contributed by atoms with Crippen LogP contribution in [-0.4, -0.2) is 30.6 Å². The molecule has 100 valence electrons. The highest BCUT2D eigenvalue weighted by molar-refractivity contribution is 5.37. The molecule has 2 atom stereocenters. The molecule has 0 aliphatic heterocycles. The summed E-state index contributed by atoms with van der Waals surface area (Å²) >= 11 is 0. The second-order valence-corrected chi connectivity index (χ2v) is 5.12. The molecule has 0 spiro atoms. The molecule has 0 saturated heterocycles. The molecule has 2 heteroatoms. The first-order valence-corrected chi connectivity index (χ1v) is 7.37. The summed E-state index contributed by atoms with van der Waals surface area (Å²) in [5.41, 5.74) is 3.05. The highest BCUT2D eigenvalue weighted by Crippen LogP contribution is 2.34. The van der Waals surface area contributed by atoms with Crippen LogP contribution in [-0.2, 0) is 6.42 Å².